The number of amides is 1. The number of carbonyl (C=O) groups is 1. The lowest BCUT2D eigenvalue weighted by Crippen LogP contribution is -2.40. The molecule has 1 fully saturated rings. The molecule has 0 aromatic carbocycles. The molecular weight excluding hydrogens is 280 g/mol. The summed E-state index contributed by atoms with van der Waals surface area (Å²) in [5, 5.41) is 13.4. The van der Waals surface area contributed by atoms with Crippen molar-refractivity contribution in [1.82, 2.24) is 10.2 Å². The lowest BCUT2D eigenvalue weighted by molar-refractivity contribution is 0.0270. The van der Waals surface area contributed by atoms with E-state index in [2.05, 4.69) is 12.2 Å². The van der Waals surface area contributed by atoms with E-state index in [1.165, 1.54) is 32.1 Å². The second-order valence-electron chi connectivity index (χ2n) is 7.28. The number of β-amino-alcohol motifs (C(OH)–C–C–N with tert-alkyl or cyclic N) is 1. The minimum atomic E-state index is -0.507. The molecule has 0 spiro atoms. The Balaban J connectivity index is 2.19. The first-order valence-electron chi connectivity index (χ1n) is 8.73. The number of nitrogens with one attached hydrogen (secondary N) is 1. The molecule has 1 heterocycles. The summed E-state index contributed by atoms with van der Waals surface area (Å²) >= 11 is 0. The van der Waals surface area contributed by atoms with E-state index in [0.29, 0.717) is 13.1 Å². The van der Waals surface area contributed by atoms with Gasteiger partial charge in [-0.05, 0) is 33.7 Å². The minimum Gasteiger partial charge on any atom is -0.444 e. The van der Waals surface area contributed by atoms with Crippen LogP contribution in [0.2, 0.25) is 0 Å². The molecule has 0 bridgehead atoms. The molecule has 5 nitrogen and oxygen atoms in total. The Morgan fingerprint density at radius 2 is 1.82 bits per heavy atom. The van der Waals surface area contributed by atoms with Gasteiger partial charge in [0.2, 0.25) is 0 Å². The molecule has 5 heteroatoms. The molecule has 1 aliphatic rings. The van der Waals surface area contributed by atoms with Crippen molar-refractivity contribution in [2.24, 2.45) is 0 Å². The van der Waals surface area contributed by atoms with Gasteiger partial charge in [0, 0.05) is 6.54 Å². The SMILES string of the molecule is CCCCCCCCN[C@@H]1CN(C(=O)OC(C)(C)C)C[C@H]1O. The second-order valence-corrected chi connectivity index (χ2v) is 7.28. The molecule has 22 heavy (non-hydrogen) atoms. The standard InChI is InChI=1S/C17H34N2O3/c1-5-6-7-8-9-10-11-18-14-12-19(13-15(14)20)16(21)22-17(2,3)4/h14-15,18,20H,5-13H2,1-4H3/t14-,15-/m1/s1. The Morgan fingerprint density at radius 1 is 1.18 bits per heavy atom. The van der Waals surface area contributed by atoms with Gasteiger partial charge in [-0.3, -0.25) is 0 Å². The highest BCUT2D eigenvalue weighted by molar-refractivity contribution is 5.68. The molecule has 1 amide bonds. The lowest BCUT2D eigenvalue weighted by atomic mass is 10.1. The van der Waals surface area contributed by atoms with E-state index >= 15 is 0 Å². The molecule has 130 valence electrons. The maximum atomic E-state index is 12.0. The van der Waals surface area contributed by atoms with Crippen LogP contribution in [0.1, 0.15) is 66.2 Å². The van der Waals surface area contributed by atoms with E-state index in [4.69, 9.17) is 4.74 Å². The fourth-order valence-electron chi connectivity index (χ4n) is 2.66. The fourth-order valence-corrected chi connectivity index (χ4v) is 2.66. The molecule has 0 saturated carbocycles. The Kier molecular flexibility index (Phi) is 8.18. The molecule has 2 atom stereocenters. The van der Waals surface area contributed by atoms with Gasteiger partial charge in [-0.1, -0.05) is 39.0 Å². The second kappa shape index (κ2) is 9.36. The van der Waals surface area contributed by atoms with Crippen LogP contribution in [-0.2, 0) is 4.74 Å². The molecule has 0 aromatic rings. The number of unbranched alkanes of at least 4 members (excludes halogenated alkanes) is 5. The quantitative estimate of drug-likeness (QED) is 0.676. The van der Waals surface area contributed by atoms with Crippen molar-refractivity contribution in [1.29, 1.82) is 0 Å². The van der Waals surface area contributed by atoms with Crippen molar-refractivity contribution in [2.45, 2.75) is 84.0 Å². The molecule has 1 rings (SSSR count). The van der Waals surface area contributed by atoms with Crippen molar-refractivity contribution in [3.63, 3.8) is 0 Å². The zero-order valence-corrected chi connectivity index (χ0v) is 14.7. The van der Waals surface area contributed by atoms with E-state index in [1.54, 1.807) is 4.90 Å². The van der Waals surface area contributed by atoms with E-state index in [9.17, 15) is 9.90 Å². The van der Waals surface area contributed by atoms with Crippen LogP contribution >= 0.6 is 0 Å². The fraction of sp³-hybridized carbons (Fsp3) is 0.941. The number of aliphatic hydroxyl groups is 1. The maximum absolute atomic E-state index is 12.0. The van der Waals surface area contributed by atoms with Crippen LogP contribution in [0.15, 0.2) is 0 Å². The van der Waals surface area contributed by atoms with Gasteiger partial charge in [-0.15, -0.1) is 0 Å². The van der Waals surface area contributed by atoms with Crippen LogP contribution in [0.4, 0.5) is 4.79 Å². The summed E-state index contributed by atoms with van der Waals surface area (Å²) in [5.74, 6) is 0. The van der Waals surface area contributed by atoms with Crippen LogP contribution in [0.5, 0.6) is 0 Å². The summed E-state index contributed by atoms with van der Waals surface area (Å²) < 4.78 is 5.35. The number of hydrogen-bond acceptors (Lipinski definition) is 4. The van der Waals surface area contributed by atoms with Gasteiger partial charge in [0.25, 0.3) is 0 Å². The number of likely N-dealkylation sites (tertiary alicyclic amines) is 1. The zero-order chi connectivity index (χ0) is 16.6. The molecule has 1 aliphatic heterocycles. The van der Waals surface area contributed by atoms with Crippen molar-refractivity contribution in [3.8, 4) is 0 Å². The van der Waals surface area contributed by atoms with Gasteiger partial charge in [-0.2, -0.15) is 0 Å². The number of carbonyl (C=O) groups excluding carboxylic acids is 1. The Bertz CT molecular complexity index is 328. The third-order valence-electron chi connectivity index (χ3n) is 3.88. The van der Waals surface area contributed by atoms with Gasteiger partial charge < -0.3 is 20.1 Å². The summed E-state index contributed by atoms with van der Waals surface area (Å²) in [6.45, 7) is 9.55. The van der Waals surface area contributed by atoms with Gasteiger partial charge in [-0.25, -0.2) is 4.79 Å². The topological polar surface area (TPSA) is 61.8 Å². The van der Waals surface area contributed by atoms with Crippen molar-refractivity contribution in [3.05, 3.63) is 0 Å². The van der Waals surface area contributed by atoms with E-state index in [1.807, 2.05) is 20.8 Å². The van der Waals surface area contributed by atoms with Crippen molar-refractivity contribution < 1.29 is 14.6 Å². The predicted octanol–water partition coefficient (Wildman–Crippen LogP) is 2.92. The van der Waals surface area contributed by atoms with Crippen LogP contribution in [0.25, 0.3) is 0 Å². The average Bonchev–Trinajstić information content (AvgIpc) is 2.77. The molecule has 1 saturated heterocycles. The van der Waals surface area contributed by atoms with E-state index in [0.717, 1.165) is 13.0 Å². The number of aliphatic hydroxyl groups excluding tert-OH is 1. The Morgan fingerprint density at radius 3 is 2.45 bits per heavy atom. The van der Waals surface area contributed by atoms with Crippen LogP contribution in [0.3, 0.4) is 0 Å². The monoisotopic (exact) mass is 314 g/mol. The van der Waals surface area contributed by atoms with E-state index in [-0.39, 0.29) is 12.1 Å². The average molecular weight is 314 g/mol. The normalized spacial score (nSPS) is 22.1. The molecular formula is C17H34N2O3. The third-order valence-corrected chi connectivity index (χ3v) is 3.88. The third kappa shape index (κ3) is 7.45. The first-order valence-corrected chi connectivity index (χ1v) is 8.73. The van der Waals surface area contributed by atoms with Gasteiger partial charge in [0.15, 0.2) is 0 Å². The minimum absolute atomic E-state index is 0.0387. The highest BCUT2D eigenvalue weighted by Gasteiger charge is 2.35. The van der Waals surface area contributed by atoms with Crippen LogP contribution in [-0.4, -0.2) is 53.5 Å². The predicted molar refractivity (Wildman–Crippen MR) is 89.0 cm³/mol. The van der Waals surface area contributed by atoms with Gasteiger partial charge >= 0.3 is 6.09 Å². The number of nitrogens with zero attached hydrogens (tertiary/aromatic N) is 1. The Labute approximate surface area is 135 Å². The number of rotatable bonds is 8. The van der Waals surface area contributed by atoms with Crippen molar-refractivity contribution >= 4 is 6.09 Å². The number of ether oxygens (including phenoxy) is 1. The van der Waals surface area contributed by atoms with Crippen LogP contribution in [0, 0.1) is 0 Å². The van der Waals surface area contributed by atoms with Crippen molar-refractivity contribution in [2.75, 3.05) is 19.6 Å². The Hall–Kier alpha value is -0.810. The lowest BCUT2D eigenvalue weighted by Gasteiger charge is -2.24. The molecule has 0 unspecified atom stereocenters. The molecule has 0 aromatic heterocycles. The van der Waals surface area contributed by atoms with E-state index < -0.39 is 11.7 Å². The maximum Gasteiger partial charge on any atom is 0.410 e. The summed E-state index contributed by atoms with van der Waals surface area (Å²) in [6.07, 6.45) is 6.70. The van der Waals surface area contributed by atoms with Gasteiger partial charge in [0.1, 0.15) is 5.60 Å². The first-order chi connectivity index (χ1) is 10.3. The highest BCUT2D eigenvalue weighted by Crippen LogP contribution is 2.16. The summed E-state index contributed by atoms with van der Waals surface area (Å²) in [4.78, 5) is 13.6. The summed E-state index contributed by atoms with van der Waals surface area (Å²) in [6, 6.07) is -0.0387. The largest absolute Gasteiger partial charge is 0.444 e. The first kappa shape index (κ1) is 19.2. The van der Waals surface area contributed by atoms with Gasteiger partial charge in [0.05, 0.1) is 18.7 Å². The number of hydrogen-bond donors (Lipinski definition) is 2. The van der Waals surface area contributed by atoms with Crippen LogP contribution < -0.4 is 5.32 Å². The highest BCUT2D eigenvalue weighted by atomic mass is 16.6. The molecule has 0 radical (unpaired) electrons. The zero-order valence-electron chi connectivity index (χ0n) is 14.7. The summed E-state index contributed by atoms with van der Waals surface area (Å²) in [5.41, 5.74) is -0.494. The molecule has 0 aliphatic carbocycles. The summed E-state index contributed by atoms with van der Waals surface area (Å²) in [7, 11) is 0. The smallest absolute Gasteiger partial charge is 0.410 e. The molecule has 2 N–H and O–H groups in total.